The van der Waals surface area contributed by atoms with E-state index in [2.05, 4.69) is 5.32 Å². The molecule has 0 unspecified atom stereocenters. The second kappa shape index (κ2) is 7.30. The van der Waals surface area contributed by atoms with Crippen molar-refractivity contribution >= 4 is 23.3 Å². The first-order chi connectivity index (χ1) is 12.0. The van der Waals surface area contributed by atoms with Gasteiger partial charge < -0.3 is 10.1 Å². The minimum atomic E-state index is -0.299. The maximum atomic E-state index is 12.1. The van der Waals surface area contributed by atoms with Crippen LogP contribution in [-0.2, 0) is 9.53 Å². The van der Waals surface area contributed by atoms with Crippen molar-refractivity contribution in [3.63, 3.8) is 0 Å². The van der Waals surface area contributed by atoms with Gasteiger partial charge in [0.1, 0.15) is 0 Å². The highest BCUT2D eigenvalue weighted by Crippen LogP contribution is 2.38. The van der Waals surface area contributed by atoms with Gasteiger partial charge in [-0.15, -0.1) is 0 Å². The Morgan fingerprint density at radius 2 is 1.64 bits per heavy atom. The normalized spacial score (nSPS) is 18.3. The monoisotopic (exact) mass is 337 g/mol. The molecule has 1 amide bonds. The topological polar surface area (TPSA) is 72.5 Å². The van der Waals surface area contributed by atoms with Crippen molar-refractivity contribution in [1.82, 2.24) is 0 Å². The van der Waals surface area contributed by atoms with E-state index in [9.17, 15) is 14.4 Å². The quantitative estimate of drug-likeness (QED) is 0.648. The number of hydrogen-bond donors (Lipinski definition) is 1. The molecule has 0 aromatic heterocycles. The Morgan fingerprint density at radius 3 is 2.24 bits per heavy atom. The molecule has 25 heavy (non-hydrogen) atoms. The van der Waals surface area contributed by atoms with Crippen molar-refractivity contribution in [2.24, 2.45) is 11.8 Å². The number of benzene rings is 2. The second-order valence-electron chi connectivity index (χ2n) is 6.25. The van der Waals surface area contributed by atoms with Crippen molar-refractivity contribution in [1.29, 1.82) is 0 Å². The number of anilines is 1. The van der Waals surface area contributed by atoms with E-state index in [1.54, 1.807) is 48.5 Å². The molecule has 5 heteroatoms. The van der Waals surface area contributed by atoms with Gasteiger partial charge in [0.15, 0.2) is 12.4 Å². The highest BCUT2D eigenvalue weighted by atomic mass is 16.5. The average molecular weight is 337 g/mol. The van der Waals surface area contributed by atoms with Crippen molar-refractivity contribution in [3.05, 3.63) is 65.7 Å². The number of ether oxygens (including phenoxy) is 1. The van der Waals surface area contributed by atoms with Gasteiger partial charge in [-0.2, -0.15) is 0 Å². The first-order valence-electron chi connectivity index (χ1n) is 8.21. The van der Waals surface area contributed by atoms with Crippen LogP contribution in [0.3, 0.4) is 0 Å². The lowest BCUT2D eigenvalue weighted by molar-refractivity contribution is -0.144. The fourth-order valence-corrected chi connectivity index (χ4v) is 2.51. The van der Waals surface area contributed by atoms with Crippen LogP contribution in [0.25, 0.3) is 0 Å². The van der Waals surface area contributed by atoms with Crippen LogP contribution >= 0.6 is 0 Å². The Hall–Kier alpha value is -2.95. The molecule has 1 aliphatic rings. The molecule has 1 saturated carbocycles. The zero-order valence-electron chi connectivity index (χ0n) is 13.9. The summed E-state index contributed by atoms with van der Waals surface area (Å²) in [4.78, 5) is 35.8. The smallest absolute Gasteiger partial charge is 0.309 e. The van der Waals surface area contributed by atoms with Gasteiger partial charge >= 0.3 is 5.97 Å². The summed E-state index contributed by atoms with van der Waals surface area (Å²) in [5, 5.41) is 2.77. The van der Waals surface area contributed by atoms with E-state index in [4.69, 9.17) is 4.74 Å². The number of amides is 1. The molecule has 2 aromatic carbocycles. The molecular weight excluding hydrogens is 318 g/mol. The SMILES string of the molecule is C[C@H]1C[C@@H]1C(=O)OCC(=O)c1ccc(NC(=O)c2ccccc2)cc1. The fraction of sp³-hybridized carbons (Fsp3) is 0.250. The van der Waals surface area contributed by atoms with Crippen LogP contribution < -0.4 is 5.32 Å². The Bertz CT molecular complexity index is 783. The van der Waals surface area contributed by atoms with Gasteiger partial charge in [0.25, 0.3) is 5.91 Å². The standard InChI is InChI=1S/C20H19NO4/c1-13-11-17(13)20(24)25-12-18(22)14-7-9-16(10-8-14)21-19(23)15-5-3-2-4-6-15/h2-10,13,17H,11-12H2,1H3,(H,21,23)/t13-,17-/m0/s1. The van der Waals surface area contributed by atoms with Crippen molar-refractivity contribution in [2.75, 3.05) is 11.9 Å². The van der Waals surface area contributed by atoms with Crippen LogP contribution in [0.5, 0.6) is 0 Å². The molecule has 3 rings (SSSR count). The van der Waals surface area contributed by atoms with Gasteiger partial charge in [-0.3, -0.25) is 14.4 Å². The Labute approximate surface area is 146 Å². The fourth-order valence-electron chi connectivity index (χ4n) is 2.51. The van der Waals surface area contributed by atoms with Gasteiger partial charge in [-0.1, -0.05) is 25.1 Å². The van der Waals surface area contributed by atoms with Crippen molar-refractivity contribution in [3.8, 4) is 0 Å². The molecule has 0 bridgehead atoms. The Morgan fingerprint density at radius 1 is 1.00 bits per heavy atom. The summed E-state index contributed by atoms with van der Waals surface area (Å²) in [6, 6.07) is 15.4. The number of rotatable bonds is 6. The summed E-state index contributed by atoms with van der Waals surface area (Å²) in [6.07, 6.45) is 0.836. The van der Waals surface area contributed by atoms with E-state index < -0.39 is 0 Å². The summed E-state index contributed by atoms with van der Waals surface area (Å²) in [6.45, 7) is 1.73. The third-order valence-corrected chi connectivity index (χ3v) is 4.26. The number of nitrogens with one attached hydrogen (secondary N) is 1. The Balaban J connectivity index is 1.53. The minimum absolute atomic E-state index is 0.0524. The van der Waals surface area contributed by atoms with E-state index in [-0.39, 0.29) is 30.2 Å². The van der Waals surface area contributed by atoms with Gasteiger partial charge in [0.05, 0.1) is 5.92 Å². The minimum Gasteiger partial charge on any atom is -0.457 e. The first kappa shape index (κ1) is 16.9. The molecule has 1 aliphatic carbocycles. The van der Waals surface area contributed by atoms with Gasteiger partial charge in [-0.05, 0) is 48.7 Å². The molecule has 0 spiro atoms. The van der Waals surface area contributed by atoms with Crippen LogP contribution in [0.15, 0.2) is 54.6 Å². The summed E-state index contributed by atoms with van der Waals surface area (Å²) in [7, 11) is 0. The summed E-state index contributed by atoms with van der Waals surface area (Å²) in [5.41, 5.74) is 1.59. The van der Waals surface area contributed by atoms with Crippen LogP contribution in [0.2, 0.25) is 0 Å². The molecule has 0 saturated heterocycles. The van der Waals surface area contributed by atoms with Crippen molar-refractivity contribution < 1.29 is 19.1 Å². The predicted octanol–water partition coefficient (Wildman–Crippen LogP) is 3.32. The number of hydrogen-bond acceptors (Lipinski definition) is 4. The molecule has 128 valence electrons. The van der Waals surface area contributed by atoms with Gasteiger partial charge in [0, 0.05) is 16.8 Å². The third kappa shape index (κ3) is 4.32. The molecule has 1 fully saturated rings. The zero-order chi connectivity index (χ0) is 17.8. The van der Waals surface area contributed by atoms with E-state index in [0.717, 1.165) is 6.42 Å². The number of Topliss-reactive ketones (excluding diaryl/α,β-unsaturated/α-hetero) is 1. The predicted molar refractivity (Wildman–Crippen MR) is 93.4 cm³/mol. The molecule has 0 heterocycles. The summed E-state index contributed by atoms with van der Waals surface area (Å²) < 4.78 is 5.05. The molecule has 2 aromatic rings. The summed E-state index contributed by atoms with van der Waals surface area (Å²) in [5.74, 6) is -0.471. The van der Waals surface area contributed by atoms with Crippen LogP contribution in [0.4, 0.5) is 5.69 Å². The highest BCUT2D eigenvalue weighted by molar-refractivity contribution is 6.04. The maximum absolute atomic E-state index is 12.1. The van der Waals surface area contributed by atoms with Gasteiger partial charge in [-0.25, -0.2) is 0 Å². The first-order valence-corrected chi connectivity index (χ1v) is 8.21. The summed E-state index contributed by atoms with van der Waals surface area (Å²) >= 11 is 0. The number of ketones is 1. The van der Waals surface area contributed by atoms with E-state index >= 15 is 0 Å². The molecule has 1 N–H and O–H groups in total. The van der Waals surface area contributed by atoms with Crippen LogP contribution in [0, 0.1) is 11.8 Å². The van der Waals surface area contributed by atoms with Crippen LogP contribution in [-0.4, -0.2) is 24.3 Å². The number of carbonyl (C=O) groups excluding carboxylic acids is 3. The third-order valence-electron chi connectivity index (χ3n) is 4.26. The average Bonchev–Trinajstić information content (AvgIpc) is 3.37. The lowest BCUT2D eigenvalue weighted by Crippen LogP contribution is -2.16. The van der Waals surface area contributed by atoms with Gasteiger partial charge in [0.2, 0.25) is 0 Å². The largest absolute Gasteiger partial charge is 0.457 e. The molecular formula is C20H19NO4. The van der Waals surface area contributed by atoms with Crippen molar-refractivity contribution in [2.45, 2.75) is 13.3 Å². The Kier molecular flexibility index (Phi) is 4.93. The molecule has 0 radical (unpaired) electrons. The van der Waals surface area contributed by atoms with E-state index in [0.29, 0.717) is 22.7 Å². The number of esters is 1. The maximum Gasteiger partial charge on any atom is 0.309 e. The number of carbonyl (C=O) groups is 3. The molecule has 5 nitrogen and oxygen atoms in total. The molecule has 0 aliphatic heterocycles. The van der Waals surface area contributed by atoms with Crippen LogP contribution in [0.1, 0.15) is 34.1 Å². The lowest BCUT2D eigenvalue weighted by atomic mass is 10.1. The van der Waals surface area contributed by atoms with E-state index in [1.807, 2.05) is 13.0 Å². The van der Waals surface area contributed by atoms with E-state index in [1.165, 1.54) is 0 Å². The second-order valence-corrected chi connectivity index (χ2v) is 6.25. The lowest BCUT2D eigenvalue weighted by Gasteiger charge is -2.07. The molecule has 2 atom stereocenters. The highest BCUT2D eigenvalue weighted by Gasteiger charge is 2.40. The zero-order valence-corrected chi connectivity index (χ0v) is 13.9.